The van der Waals surface area contributed by atoms with Crippen LogP contribution in [0.5, 0.6) is 0 Å². The van der Waals surface area contributed by atoms with Crippen molar-refractivity contribution in [1.82, 2.24) is 24.8 Å². The summed E-state index contributed by atoms with van der Waals surface area (Å²) < 4.78 is 1.96. The van der Waals surface area contributed by atoms with E-state index < -0.39 is 0 Å². The summed E-state index contributed by atoms with van der Waals surface area (Å²) in [5.74, 6) is 2.30. The van der Waals surface area contributed by atoms with Gasteiger partial charge in [-0.15, -0.1) is 0 Å². The zero-order valence-electron chi connectivity index (χ0n) is 15.3. The van der Waals surface area contributed by atoms with Crippen molar-refractivity contribution in [1.29, 1.82) is 0 Å². The summed E-state index contributed by atoms with van der Waals surface area (Å²) in [5.41, 5.74) is 3.38. The van der Waals surface area contributed by atoms with E-state index in [4.69, 9.17) is 4.98 Å². The molecule has 0 radical (unpaired) electrons. The van der Waals surface area contributed by atoms with Crippen molar-refractivity contribution in [2.75, 3.05) is 44.7 Å². The van der Waals surface area contributed by atoms with E-state index in [2.05, 4.69) is 15.3 Å². The lowest BCUT2D eigenvalue weighted by Crippen LogP contribution is -2.55. The van der Waals surface area contributed by atoms with Crippen LogP contribution in [-0.2, 0) is 17.6 Å². The molecule has 2 aliphatic heterocycles. The number of aromatic nitrogens is 3. The average molecular weight is 354 g/mol. The number of anilines is 1. The van der Waals surface area contributed by atoms with Crippen LogP contribution < -0.4 is 10.2 Å². The molecule has 138 valence electrons. The molecule has 1 amide bonds. The molecular formula is C19H26N6O. The van der Waals surface area contributed by atoms with Gasteiger partial charge in [0.05, 0.1) is 17.8 Å². The first-order chi connectivity index (χ1) is 12.7. The van der Waals surface area contributed by atoms with Gasteiger partial charge in [-0.2, -0.15) is 9.61 Å². The zero-order chi connectivity index (χ0) is 17.7. The molecule has 1 saturated heterocycles. The maximum atomic E-state index is 12.7. The fourth-order valence-corrected chi connectivity index (χ4v) is 4.24. The van der Waals surface area contributed by atoms with Gasteiger partial charge in [-0.25, -0.2) is 4.98 Å². The predicted molar refractivity (Wildman–Crippen MR) is 99.3 cm³/mol. The maximum Gasteiger partial charge on any atom is 0.229 e. The summed E-state index contributed by atoms with van der Waals surface area (Å²) >= 11 is 0. The number of carbonyl (C=O) groups is 1. The molecule has 3 aliphatic rings. The van der Waals surface area contributed by atoms with Crippen LogP contribution in [0, 0.1) is 11.8 Å². The first kappa shape index (κ1) is 16.1. The van der Waals surface area contributed by atoms with E-state index in [0.717, 1.165) is 62.9 Å². The molecule has 1 N–H and O–H groups in total. The molecule has 0 spiro atoms. The zero-order valence-corrected chi connectivity index (χ0v) is 15.3. The molecule has 1 aliphatic carbocycles. The van der Waals surface area contributed by atoms with E-state index in [1.807, 2.05) is 28.7 Å². The van der Waals surface area contributed by atoms with Gasteiger partial charge in [0.25, 0.3) is 0 Å². The van der Waals surface area contributed by atoms with E-state index in [1.165, 1.54) is 24.1 Å². The Balaban J connectivity index is 1.39. The number of fused-ring (bicyclic) bond motifs is 2. The summed E-state index contributed by atoms with van der Waals surface area (Å²) in [6.07, 6.45) is 6.29. The first-order valence-corrected chi connectivity index (χ1v) is 9.77. The molecule has 1 saturated carbocycles. The molecule has 2 fully saturated rings. The molecule has 26 heavy (non-hydrogen) atoms. The van der Waals surface area contributed by atoms with Crippen molar-refractivity contribution in [2.45, 2.75) is 25.7 Å². The molecular weight excluding hydrogens is 328 g/mol. The maximum absolute atomic E-state index is 12.7. The largest absolute Gasteiger partial charge is 0.354 e. The van der Waals surface area contributed by atoms with Crippen molar-refractivity contribution in [2.24, 2.45) is 11.8 Å². The third kappa shape index (κ3) is 2.74. The predicted octanol–water partition coefficient (Wildman–Crippen LogP) is 0.722. The molecule has 5 rings (SSSR count). The standard InChI is InChI=1S/C19H26N6O/c1-23(10-13-2-3-13)19(26)14-11-24(12-14)18-15-4-7-20-8-5-16(15)22-17-6-9-21-25(17)18/h6,9,13-14,20H,2-5,7-8,10-12H2,1H3. The monoisotopic (exact) mass is 354 g/mol. The van der Waals surface area contributed by atoms with Gasteiger partial charge in [0, 0.05) is 51.3 Å². The highest BCUT2D eigenvalue weighted by atomic mass is 16.2. The van der Waals surface area contributed by atoms with Crippen molar-refractivity contribution < 1.29 is 4.79 Å². The number of carbonyl (C=O) groups excluding carboxylic acids is 1. The van der Waals surface area contributed by atoms with Crippen molar-refractivity contribution >= 4 is 17.4 Å². The number of hydrogen-bond acceptors (Lipinski definition) is 5. The van der Waals surface area contributed by atoms with E-state index in [9.17, 15) is 4.79 Å². The first-order valence-electron chi connectivity index (χ1n) is 9.77. The quantitative estimate of drug-likeness (QED) is 0.877. The average Bonchev–Trinajstić information content (AvgIpc) is 3.33. The number of nitrogens with one attached hydrogen (secondary N) is 1. The lowest BCUT2D eigenvalue weighted by molar-refractivity contribution is -0.135. The highest BCUT2D eigenvalue weighted by molar-refractivity contribution is 5.82. The van der Waals surface area contributed by atoms with E-state index in [-0.39, 0.29) is 5.92 Å². The number of nitrogens with zero attached hydrogens (tertiary/aromatic N) is 5. The van der Waals surface area contributed by atoms with E-state index in [0.29, 0.717) is 5.91 Å². The molecule has 0 unspecified atom stereocenters. The van der Waals surface area contributed by atoms with Crippen molar-refractivity contribution in [3.05, 3.63) is 23.5 Å². The summed E-state index contributed by atoms with van der Waals surface area (Å²) in [6.45, 7) is 4.43. The second kappa shape index (κ2) is 6.23. The molecule has 0 atom stereocenters. The van der Waals surface area contributed by atoms with Crippen LogP contribution in [0.25, 0.3) is 5.65 Å². The minimum Gasteiger partial charge on any atom is -0.354 e. The van der Waals surface area contributed by atoms with Crippen LogP contribution in [0.2, 0.25) is 0 Å². The van der Waals surface area contributed by atoms with Crippen LogP contribution in [-0.4, -0.2) is 65.2 Å². The van der Waals surface area contributed by atoms with Crippen LogP contribution in [0.3, 0.4) is 0 Å². The Morgan fingerprint density at radius 1 is 1.31 bits per heavy atom. The number of rotatable bonds is 4. The number of amides is 1. The second-order valence-electron chi connectivity index (χ2n) is 7.98. The minimum absolute atomic E-state index is 0.108. The third-order valence-corrected chi connectivity index (χ3v) is 5.92. The van der Waals surface area contributed by atoms with Gasteiger partial charge in [-0.05, 0) is 31.7 Å². The van der Waals surface area contributed by atoms with Crippen LogP contribution in [0.15, 0.2) is 12.3 Å². The van der Waals surface area contributed by atoms with Crippen molar-refractivity contribution in [3.63, 3.8) is 0 Å². The summed E-state index contributed by atoms with van der Waals surface area (Å²) in [4.78, 5) is 21.8. The summed E-state index contributed by atoms with van der Waals surface area (Å²) in [7, 11) is 1.96. The van der Waals surface area contributed by atoms with E-state index >= 15 is 0 Å². The third-order valence-electron chi connectivity index (χ3n) is 5.92. The highest BCUT2D eigenvalue weighted by Crippen LogP contribution is 2.33. The molecule has 2 aromatic heterocycles. The Morgan fingerprint density at radius 2 is 2.12 bits per heavy atom. The molecule has 7 heteroatoms. The molecule has 0 bridgehead atoms. The fourth-order valence-electron chi connectivity index (χ4n) is 4.24. The van der Waals surface area contributed by atoms with E-state index in [1.54, 1.807) is 0 Å². The highest BCUT2D eigenvalue weighted by Gasteiger charge is 2.38. The SMILES string of the molecule is CN(CC1CC1)C(=O)C1CN(c2c3c(nc4ccnn24)CCNCC3)C1. The number of hydrogen-bond donors (Lipinski definition) is 1. The van der Waals surface area contributed by atoms with Gasteiger partial charge in [-0.1, -0.05) is 0 Å². The van der Waals surface area contributed by atoms with Gasteiger partial charge < -0.3 is 15.1 Å². The lowest BCUT2D eigenvalue weighted by atomic mass is 9.96. The Morgan fingerprint density at radius 3 is 2.92 bits per heavy atom. The van der Waals surface area contributed by atoms with Crippen molar-refractivity contribution in [3.8, 4) is 0 Å². The lowest BCUT2D eigenvalue weighted by Gasteiger charge is -2.42. The normalized spacial score (nSPS) is 20.6. The Hall–Kier alpha value is -2.15. The molecule has 7 nitrogen and oxygen atoms in total. The van der Waals surface area contributed by atoms with Crippen LogP contribution >= 0.6 is 0 Å². The summed E-state index contributed by atoms with van der Waals surface area (Å²) in [6, 6.07) is 1.97. The van der Waals surface area contributed by atoms with Gasteiger partial charge in [0.2, 0.25) is 5.91 Å². The van der Waals surface area contributed by atoms with Gasteiger partial charge in [0.15, 0.2) is 5.65 Å². The topological polar surface area (TPSA) is 65.8 Å². The molecule has 0 aromatic carbocycles. The van der Waals surface area contributed by atoms with Gasteiger partial charge in [0.1, 0.15) is 5.82 Å². The van der Waals surface area contributed by atoms with Gasteiger partial charge in [-0.3, -0.25) is 4.79 Å². The molecule has 4 heterocycles. The minimum atomic E-state index is 0.108. The molecule has 2 aromatic rings. The van der Waals surface area contributed by atoms with Crippen LogP contribution in [0.4, 0.5) is 5.82 Å². The Kier molecular flexibility index (Phi) is 3.85. The second-order valence-corrected chi connectivity index (χ2v) is 7.98. The Bertz CT molecular complexity index is 836. The van der Waals surface area contributed by atoms with Gasteiger partial charge >= 0.3 is 0 Å². The fraction of sp³-hybridized carbons (Fsp3) is 0.632. The summed E-state index contributed by atoms with van der Waals surface area (Å²) in [5, 5.41) is 7.97. The Labute approximate surface area is 153 Å². The smallest absolute Gasteiger partial charge is 0.229 e. The van der Waals surface area contributed by atoms with Crippen LogP contribution in [0.1, 0.15) is 24.1 Å².